The van der Waals surface area contributed by atoms with Crippen molar-refractivity contribution in [3.63, 3.8) is 0 Å². The second-order valence-corrected chi connectivity index (χ2v) is 10.5. The number of amides is 2. The highest BCUT2D eigenvalue weighted by molar-refractivity contribution is 7.12. The van der Waals surface area contributed by atoms with Gasteiger partial charge in [0, 0.05) is 45.3 Å². The first-order valence-corrected chi connectivity index (χ1v) is 13.0. The van der Waals surface area contributed by atoms with Crippen LogP contribution in [0.3, 0.4) is 0 Å². The van der Waals surface area contributed by atoms with E-state index in [1.807, 2.05) is 33.4 Å². The summed E-state index contributed by atoms with van der Waals surface area (Å²) in [5, 5.41) is 5.30. The van der Waals surface area contributed by atoms with E-state index in [1.54, 1.807) is 0 Å². The number of carbonyl (C=O) groups excluding carboxylic acids is 2. The average molecular weight is 469 g/mol. The summed E-state index contributed by atoms with van der Waals surface area (Å²) < 4.78 is 0. The Kier molecular flexibility index (Phi) is 8.17. The van der Waals surface area contributed by atoms with Crippen molar-refractivity contribution in [3.05, 3.63) is 58.3 Å². The third-order valence-corrected chi connectivity index (χ3v) is 7.41. The smallest absolute Gasteiger partial charge is 0.264 e. The van der Waals surface area contributed by atoms with Crippen molar-refractivity contribution in [3.8, 4) is 0 Å². The maximum Gasteiger partial charge on any atom is 0.264 e. The standard InChI is InChI=1S/C26H36N4O2S/c1-20(2)17-29(18-21-8-4-3-5-9-21)22-16-23(25(31)28-13-7-11-27-12-14-28)30(19-22)26(32)24-10-6-15-33-24/h3-6,8-10,15,20,22-23,27H,7,11-14,16-19H2,1-2H3. The topological polar surface area (TPSA) is 55.9 Å². The summed E-state index contributed by atoms with van der Waals surface area (Å²) in [5.74, 6) is 0.597. The highest BCUT2D eigenvalue weighted by atomic mass is 32.1. The van der Waals surface area contributed by atoms with E-state index < -0.39 is 6.04 Å². The van der Waals surface area contributed by atoms with Crippen LogP contribution < -0.4 is 5.32 Å². The minimum absolute atomic E-state index is 0.0111. The molecule has 0 aliphatic carbocycles. The maximum atomic E-state index is 13.7. The van der Waals surface area contributed by atoms with Gasteiger partial charge in [-0.3, -0.25) is 14.5 Å². The Labute approximate surface area is 201 Å². The molecular weight excluding hydrogens is 432 g/mol. The van der Waals surface area contributed by atoms with Gasteiger partial charge in [0.15, 0.2) is 0 Å². The van der Waals surface area contributed by atoms with Crippen LogP contribution in [0.2, 0.25) is 0 Å². The zero-order valence-corrected chi connectivity index (χ0v) is 20.6. The molecule has 1 aromatic carbocycles. The van der Waals surface area contributed by atoms with Gasteiger partial charge in [-0.1, -0.05) is 50.2 Å². The Morgan fingerprint density at radius 3 is 2.67 bits per heavy atom. The molecule has 33 heavy (non-hydrogen) atoms. The van der Waals surface area contributed by atoms with Gasteiger partial charge >= 0.3 is 0 Å². The molecule has 3 heterocycles. The van der Waals surface area contributed by atoms with Gasteiger partial charge in [-0.05, 0) is 42.3 Å². The van der Waals surface area contributed by atoms with Crippen LogP contribution in [0, 0.1) is 5.92 Å². The quantitative estimate of drug-likeness (QED) is 0.677. The van der Waals surface area contributed by atoms with Gasteiger partial charge < -0.3 is 15.1 Å². The summed E-state index contributed by atoms with van der Waals surface area (Å²) in [4.78, 5) is 34.1. The number of nitrogens with zero attached hydrogens (tertiary/aromatic N) is 3. The number of carbonyl (C=O) groups is 2. The number of thiophene rings is 1. The first kappa shape index (κ1) is 23.9. The highest BCUT2D eigenvalue weighted by Gasteiger charge is 2.43. The van der Waals surface area contributed by atoms with Crippen LogP contribution in [0.25, 0.3) is 0 Å². The third kappa shape index (κ3) is 6.02. The molecule has 2 aliphatic heterocycles. The average Bonchev–Trinajstić information content (AvgIpc) is 3.43. The fraction of sp³-hybridized carbons (Fsp3) is 0.538. The Hall–Kier alpha value is -2.22. The van der Waals surface area contributed by atoms with Crippen molar-refractivity contribution in [1.82, 2.24) is 20.0 Å². The SMILES string of the molecule is CC(C)CN(Cc1ccccc1)C1CC(C(=O)N2CCCNCC2)N(C(=O)c2cccs2)C1. The molecule has 0 saturated carbocycles. The fourth-order valence-corrected chi connectivity index (χ4v) is 5.66. The summed E-state index contributed by atoms with van der Waals surface area (Å²) >= 11 is 1.45. The number of benzene rings is 1. The lowest BCUT2D eigenvalue weighted by molar-refractivity contribution is -0.135. The Bertz CT molecular complexity index is 894. The molecular formula is C26H36N4O2S. The molecule has 1 N–H and O–H groups in total. The van der Waals surface area contributed by atoms with Crippen molar-refractivity contribution < 1.29 is 9.59 Å². The van der Waals surface area contributed by atoms with E-state index in [1.165, 1.54) is 16.9 Å². The summed E-state index contributed by atoms with van der Waals surface area (Å²) in [5.41, 5.74) is 1.27. The van der Waals surface area contributed by atoms with E-state index in [2.05, 4.69) is 48.3 Å². The van der Waals surface area contributed by atoms with E-state index in [0.29, 0.717) is 30.3 Å². The zero-order valence-electron chi connectivity index (χ0n) is 19.8. The van der Waals surface area contributed by atoms with Gasteiger partial charge in [0.25, 0.3) is 5.91 Å². The first-order chi connectivity index (χ1) is 16.0. The predicted octanol–water partition coefficient (Wildman–Crippen LogP) is 3.31. The van der Waals surface area contributed by atoms with Crippen LogP contribution in [0.4, 0.5) is 0 Å². The van der Waals surface area contributed by atoms with Gasteiger partial charge in [-0.25, -0.2) is 0 Å². The Morgan fingerprint density at radius 2 is 1.94 bits per heavy atom. The Morgan fingerprint density at radius 1 is 1.12 bits per heavy atom. The van der Waals surface area contributed by atoms with Crippen LogP contribution in [0.1, 0.15) is 41.9 Å². The molecule has 0 radical (unpaired) electrons. The molecule has 178 valence electrons. The molecule has 2 aliphatic rings. The zero-order chi connectivity index (χ0) is 23.2. The maximum absolute atomic E-state index is 13.7. The van der Waals surface area contributed by atoms with Crippen LogP contribution >= 0.6 is 11.3 Å². The molecule has 2 amide bonds. The predicted molar refractivity (Wildman–Crippen MR) is 133 cm³/mol. The van der Waals surface area contributed by atoms with Gasteiger partial charge in [0.1, 0.15) is 6.04 Å². The molecule has 2 aromatic rings. The van der Waals surface area contributed by atoms with E-state index in [9.17, 15) is 9.59 Å². The van der Waals surface area contributed by atoms with E-state index in [4.69, 9.17) is 0 Å². The molecule has 2 fully saturated rings. The largest absolute Gasteiger partial charge is 0.340 e. The van der Waals surface area contributed by atoms with Crippen molar-refractivity contribution in [1.29, 1.82) is 0 Å². The summed E-state index contributed by atoms with van der Waals surface area (Å²) in [6.45, 7) is 10.0. The molecule has 6 nitrogen and oxygen atoms in total. The van der Waals surface area contributed by atoms with Crippen LogP contribution in [0.15, 0.2) is 47.8 Å². The van der Waals surface area contributed by atoms with E-state index in [0.717, 1.165) is 39.1 Å². The number of nitrogens with one attached hydrogen (secondary N) is 1. The lowest BCUT2D eigenvalue weighted by Gasteiger charge is -2.30. The molecule has 2 unspecified atom stereocenters. The molecule has 7 heteroatoms. The lowest BCUT2D eigenvalue weighted by Crippen LogP contribution is -2.48. The highest BCUT2D eigenvalue weighted by Crippen LogP contribution is 2.29. The Balaban J connectivity index is 1.58. The molecule has 2 saturated heterocycles. The third-order valence-electron chi connectivity index (χ3n) is 6.55. The normalized spacial score (nSPS) is 21.6. The lowest BCUT2D eigenvalue weighted by atomic mass is 10.1. The molecule has 4 rings (SSSR count). The number of likely N-dealkylation sites (tertiary alicyclic amines) is 1. The number of hydrogen-bond donors (Lipinski definition) is 1. The van der Waals surface area contributed by atoms with Crippen molar-refractivity contribution in [2.45, 2.75) is 45.3 Å². The van der Waals surface area contributed by atoms with Gasteiger partial charge in [-0.2, -0.15) is 0 Å². The summed E-state index contributed by atoms with van der Waals surface area (Å²) in [6.07, 6.45) is 1.65. The number of rotatable bonds is 7. The van der Waals surface area contributed by atoms with Gasteiger partial charge in [0.2, 0.25) is 5.91 Å². The second-order valence-electron chi connectivity index (χ2n) is 9.58. The minimum atomic E-state index is -0.395. The first-order valence-electron chi connectivity index (χ1n) is 12.1. The van der Waals surface area contributed by atoms with Crippen molar-refractivity contribution in [2.75, 3.05) is 39.3 Å². The van der Waals surface area contributed by atoms with Gasteiger partial charge in [-0.15, -0.1) is 11.3 Å². The monoisotopic (exact) mass is 468 g/mol. The summed E-state index contributed by atoms with van der Waals surface area (Å²) in [6, 6.07) is 14.0. The molecule has 0 spiro atoms. The van der Waals surface area contributed by atoms with Crippen LogP contribution in [-0.2, 0) is 11.3 Å². The molecule has 0 bridgehead atoms. The number of hydrogen-bond acceptors (Lipinski definition) is 5. The minimum Gasteiger partial charge on any atom is -0.340 e. The van der Waals surface area contributed by atoms with Crippen LogP contribution in [-0.4, -0.2) is 77.9 Å². The summed E-state index contributed by atoms with van der Waals surface area (Å²) in [7, 11) is 0. The molecule has 1 aromatic heterocycles. The van der Waals surface area contributed by atoms with Crippen molar-refractivity contribution in [2.24, 2.45) is 5.92 Å². The fourth-order valence-electron chi connectivity index (χ4n) is 4.99. The molecule has 2 atom stereocenters. The van der Waals surface area contributed by atoms with E-state index >= 15 is 0 Å². The van der Waals surface area contributed by atoms with Crippen LogP contribution in [0.5, 0.6) is 0 Å². The van der Waals surface area contributed by atoms with Gasteiger partial charge in [0.05, 0.1) is 4.88 Å². The van der Waals surface area contributed by atoms with E-state index in [-0.39, 0.29) is 17.9 Å². The second kappa shape index (κ2) is 11.3. The van der Waals surface area contributed by atoms with Crippen molar-refractivity contribution >= 4 is 23.2 Å².